The Hall–Kier alpha value is -2.32. The van der Waals surface area contributed by atoms with Gasteiger partial charge in [-0.1, -0.05) is 12.1 Å². The van der Waals surface area contributed by atoms with Gasteiger partial charge in [0.05, 0.1) is 16.5 Å². The van der Waals surface area contributed by atoms with Crippen LogP contribution < -0.4 is 5.32 Å². The summed E-state index contributed by atoms with van der Waals surface area (Å²) in [6, 6.07) is 9.49. The maximum absolute atomic E-state index is 13.3. The predicted octanol–water partition coefficient (Wildman–Crippen LogP) is 2.29. The van der Waals surface area contributed by atoms with Crippen LogP contribution in [0.4, 0.5) is 4.39 Å². The van der Waals surface area contributed by atoms with Crippen molar-refractivity contribution in [3.8, 4) is 11.3 Å². The van der Waals surface area contributed by atoms with E-state index in [9.17, 15) is 17.6 Å². The van der Waals surface area contributed by atoms with Crippen molar-refractivity contribution in [2.24, 2.45) is 11.8 Å². The highest BCUT2D eigenvalue weighted by Crippen LogP contribution is 2.46. The second-order valence-corrected chi connectivity index (χ2v) is 10.2. The van der Waals surface area contributed by atoms with Crippen LogP contribution >= 0.6 is 0 Å². The first-order chi connectivity index (χ1) is 13.3. The number of fused-ring (bicyclic) bond motifs is 1. The minimum Gasteiger partial charge on any atom is -0.349 e. The molecule has 1 aliphatic heterocycles. The lowest BCUT2D eigenvalue weighted by atomic mass is 10.1. The highest BCUT2D eigenvalue weighted by molar-refractivity contribution is 7.89. The minimum atomic E-state index is -3.23. The topological polar surface area (TPSA) is 79.4 Å². The van der Waals surface area contributed by atoms with Gasteiger partial charge in [-0.05, 0) is 49.9 Å². The number of aromatic nitrogens is 1. The van der Waals surface area contributed by atoms with Gasteiger partial charge in [0.2, 0.25) is 10.0 Å². The van der Waals surface area contributed by atoms with Gasteiger partial charge in [-0.2, -0.15) is 0 Å². The summed E-state index contributed by atoms with van der Waals surface area (Å²) in [5.74, 6) is -0.208. The Balaban J connectivity index is 1.36. The number of pyridine rings is 1. The zero-order chi connectivity index (χ0) is 20.1. The molecule has 0 radical (unpaired) electrons. The smallest absolute Gasteiger partial charge is 0.253 e. The molecule has 2 aromatic rings. The van der Waals surface area contributed by atoms with Gasteiger partial charge in [-0.25, -0.2) is 17.1 Å². The molecule has 1 amide bonds. The number of sulfonamides is 1. The Morgan fingerprint density at radius 1 is 1.21 bits per heavy atom. The maximum Gasteiger partial charge on any atom is 0.253 e. The quantitative estimate of drug-likeness (QED) is 0.831. The van der Waals surface area contributed by atoms with Gasteiger partial charge in [-0.15, -0.1) is 0 Å². The third kappa shape index (κ3) is 3.42. The van der Waals surface area contributed by atoms with Crippen LogP contribution in [0.5, 0.6) is 0 Å². The van der Waals surface area contributed by atoms with Gasteiger partial charge in [-0.3, -0.25) is 9.78 Å². The van der Waals surface area contributed by atoms with E-state index in [4.69, 9.17) is 0 Å². The van der Waals surface area contributed by atoms with Crippen molar-refractivity contribution in [1.82, 2.24) is 14.6 Å². The molecular formula is C20H22FN3O3S. The summed E-state index contributed by atoms with van der Waals surface area (Å²) >= 11 is 0. The summed E-state index contributed by atoms with van der Waals surface area (Å²) in [5, 5.41) is 2.55. The van der Waals surface area contributed by atoms with E-state index in [1.807, 2.05) is 0 Å². The fourth-order valence-electron chi connectivity index (χ4n) is 3.79. The largest absolute Gasteiger partial charge is 0.349 e. The Bertz CT molecular complexity index is 996. The average Bonchev–Trinajstić information content (AvgIpc) is 3.10. The molecule has 6 nitrogen and oxygen atoms in total. The Morgan fingerprint density at radius 2 is 1.93 bits per heavy atom. The van der Waals surface area contributed by atoms with Gasteiger partial charge < -0.3 is 5.32 Å². The number of amides is 1. The number of benzene rings is 1. The Labute approximate surface area is 163 Å². The summed E-state index contributed by atoms with van der Waals surface area (Å²) in [6.07, 6.45) is 1.48. The van der Waals surface area contributed by atoms with Crippen LogP contribution in [0.15, 0.2) is 42.6 Å². The van der Waals surface area contributed by atoms with Gasteiger partial charge in [0.1, 0.15) is 5.82 Å². The fourth-order valence-corrected chi connectivity index (χ4v) is 5.15. The Kier molecular flexibility index (Phi) is 4.71. The number of piperidine rings is 1. The van der Waals surface area contributed by atoms with E-state index >= 15 is 0 Å². The van der Waals surface area contributed by atoms with E-state index in [0.29, 0.717) is 29.9 Å². The molecule has 2 heterocycles. The summed E-state index contributed by atoms with van der Waals surface area (Å²) in [6.45, 7) is 4.29. The Morgan fingerprint density at radius 3 is 2.50 bits per heavy atom. The molecule has 1 saturated carbocycles. The number of nitrogens with one attached hydrogen (secondary N) is 1. The molecule has 2 aliphatic rings. The molecule has 1 aliphatic carbocycles. The van der Waals surface area contributed by atoms with Crippen molar-refractivity contribution >= 4 is 15.9 Å². The number of rotatable bonds is 5. The number of carbonyl (C=O) groups is 1. The highest BCUT2D eigenvalue weighted by Gasteiger charge is 2.58. The molecule has 0 bridgehead atoms. The van der Waals surface area contributed by atoms with Crippen LogP contribution in [0.25, 0.3) is 11.3 Å². The highest BCUT2D eigenvalue weighted by atomic mass is 32.2. The average molecular weight is 403 g/mol. The normalized spacial score (nSPS) is 24.2. The van der Waals surface area contributed by atoms with Crippen LogP contribution in [0.2, 0.25) is 0 Å². The summed E-state index contributed by atoms with van der Waals surface area (Å²) < 4.78 is 39.3. The van der Waals surface area contributed by atoms with Crippen molar-refractivity contribution in [1.29, 1.82) is 0 Å². The lowest BCUT2D eigenvalue weighted by Crippen LogP contribution is -2.40. The third-order valence-corrected chi connectivity index (χ3v) is 7.77. The summed E-state index contributed by atoms with van der Waals surface area (Å²) in [7, 11) is -3.23. The fraction of sp³-hybridized carbons (Fsp3) is 0.400. The first kappa shape index (κ1) is 19.0. The van der Waals surface area contributed by atoms with Gasteiger partial charge in [0.15, 0.2) is 0 Å². The van der Waals surface area contributed by atoms with E-state index < -0.39 is 15.3 Å². The molecule has 0 spiro atoms. The predicted molar refractivity (Wildman–Crippen MR) is 103 cm³/mol. The second-order valence-electron chi connectivity index (χ2n) is 7.68. The van der Waals surface area contributed by atoms with Crippen LogP contribution in [-0.4, -0.2) is 48.0 Å². The maximum atomic E-state index is 13.3. The van der Waals surface area contributed by atoms with Crippen molar-refractivity contribution < 1.29 is 17.6 Å². The number of nitrogens with zero attached hydrogens (tertiary/aromatic N) is 2. The number of hydrogen-bond acceptors (Lipinski definition) is 4. The van der Waals surface area contributed by atoms with Crippen molar-refractivity contribution in [3.63, 3.8) is 0 Å². The second kappa shape index (κ2) is 6.93. The zero-order valence-electron chi connectivity index (χ0n) is 15.7. The molecule has 3 atom stereocenters. The van der Waals surface area contributed by atoms with Gasteiger partial charge in [0.25, 0.3) is 5.91 Å². The molecule has 8 heteroatoms. The van der Waals surface area contributed by atoms with Crippen molar-refractivity contribution in [2.45, 2.75) is 25.1 Å². The lowest BCUT2D eigenvalue weighted by Gasteiger charge is -2.22. The number of halogens is 1. The number of carbonyl (C=O) groups excluding carboxylic acids is 1. The molecule has 28 heavy (non-hydrogen) atoms. The molecule has 1 N–H and O–H groups in total. The first-order valence-corrected chi connectivity index (χ1v) is 10.8. The molecule has 148 valence electrons. The van der Waals surface area contributed by atoms with Crippen molar-refractivity contribution in [3.05, 3.63) is 54.0 Å². The van der Waals surface area contributed by atoms with E-state index in [1.165, 1.54) is 22.6 Å². The first-order valence-electron chi connectivity index (χ1n) is 9.29. The van der Waals surface area contributed by atoms with Crippen LogP contribution in [-0.2, 0) is 10.0 Å². The molecule has 2 unspecified atom stereocenters. The minimum absolute atomic E-state index is 0.00834. The van der Waals surface area contributed by atoms with E-state index in [2.05, 4.69) is 10.3 Å². The number of hydrogen-bond donors (Lipinski definition) is 1. The zero-order valence-corrected chi connectivity index (χ0v) is 16.5. The van der Waals surface area contributed by atoms with E-state index in [1.54, 1.807) is 38.1 Å². The molecule has 1 aromatic carbocycles. The van der Waals surface area contributed by atoms with Crippen LogP contribution in [0.3, 0.4) is 0 Å². The monoisotopic (exact) mass is 403 g/mol. The molecule has 1 saturated heterocycles. The van der Waals surface area contributed by atoms with Crippen LogP contribution in [0.1, 0.15) is 24.2 Å². The lowest BCUT2D eigenvalue weighted by molar-refractivity contribution is 0.0945. The molecule has 1 aromatic heterocycles. The molecular weight excluding hydrogens is 381 g/mol. The van der Waals surface area contributed by atoms with Crippen molar-refractivity contribution in [2.75, 3.05) is 13.1 Å². The van der Waals surface area contributed by atoms with Crippen LogP contribution in [0, 0.1) is 17.7 Å². The summed E-state index contributed by atoms with van der Waals surface area (Å²) in [5.41, 5.74) is 1.67. The summed E-state index contributed by atoms with van der Waals surface area (Å²) in [4.78, 5) is 16.7. The van der Waals surface area contributed by atoms with Gasteiger partial charge in [0, 0.05) is 30.9 Å². The SMILES string of the molecule is CC(C)S(=O)(=O)N1CC2C(NC(=O)c3ccc(-c4cccc(F)c4)nc3)[C@H]2C1. The third-order valence-electron chi connectivity index (χ3n) is 5.56. The van der Waals surface area contributed by atoms with E-state index in [-0.39, 0.29) is 29.6 Å². The van der Waals surface area contributed by atoms with E-state index in [0.717, 1.165) is 0 Å². The standard InChI is InChI=1S/C20H22FN3O3S/c1-12(2)28(26,27)24-10-16-17(11-24)19(16)23-20(25)14-6-7-18(22-9-14)13-4-3-5-15(21)8-13/h3-9,12,16-17,19H,10-11H2,1-2H3,(H,23,25)/t16-,17?,19?/m0/s1. The molecule has 2 fully saturated rings. The molecule has 4 rings (SSSR count). The van der Waals surface area contributed by atoms with Gasteiger partial charge >= 0.3 is 0 Å².